The van der Waals surface area contributed by atoms with Crippen LogP contribution in [-0.2, 0) is 6.54 Å². The number of hydrogen-bond acceptors (Lipinski definition) is 3. The molecule has 1 aromatic heterocycles. The van der Waals surface area contributed by atoms with E-state index in [0.717, 1.165) is 41.0 Å². The Morgan fingerprint density at radius 3 is 2.90 bits per heavy atom. The highest BCUT2D eigenvalue weighted by Crippen LogP contribution is 2.32. The van der Waals surface area contributed by atoms with E-state index in [2.05, 4.69) is 53.2 Å². The van der Waals surface area contributed by atoms with Gasteiger partial charge in [0.15, 0.2) is 5.75 Å². The smallest absolute Gasteiger partial charge is 0.165 e. The summed E-state index contributed by atoms with van der Waals surface area (Å²) in [4.78, 5) is 0. The molecule has 0 aliphatic rings. The van der Waals surface area contributed by atoms with Crippen molar-refractivity contribution >= 4 is 15.9 Å². The van der Waals surface area contributed by atoms with Gasteiger partial charge in [0.1, 0.15) is 5.75 Å². The van der Waals surface area contributed by atoms with Gasteiger partial charge in [0.05, 0.1) is 12.4 Å². The number of halogens is 1. The molecule has 2 aromatic rings. The van der Waals surface area contributed by atoms with Crippen LogP contribution in [0.4, 0.5) is 0 Å². The molecule has 4 nitrogen and oxygen atoms in total. The second-order valence-electron chi connectivity index (χ2n) is 5.00. The predicted molar refractivity (Wildman–Crippen MR) is 88.8 cm³/mol. The van der Waals surface area contributed by atoms with Crippen molar-refractivity contribution in [3.8, 4) is 11.5 Å². The minimum Gasteiger partial charge on any atom is -0.454 e. The lowest BCUT2D eigenvalue weighted by atomic mass is 10.1. The van der Waals surface area contributed by atoms with E-state index < -0.39 is 0 Å². The average molecular weight is 352 g/mol. The molecular formula is C16H22BrN3O. The first-order valence-electron chi connectivity index (χ1n) is 7.37. The third-order valence-corrected chi connectivity index (χ3v) is 3.74. The Kier molecular flexibility index (Phi) is 5.82. The third kappa shape index (κ3) is 4.32. The highest BCUT2D eigenvalue weighted by molar-refractivity contribution is 9.10. The lowest BCUT2D eigenvalue weighted by Gasteiger charge is -2.17. The Balaban J connectivity index is 2.22. The summed E-state index contributed by atoms with van der Waals surface area (Å²) >= 11 is 3.51. The van der Waals surface area contributed by atoms with Crippen molar-refractivity contribution in [2.45, 2.75) is 39.8 Å². The number of aryl methyl sites for hydroxylation is 1. The first-order chi connectivity index (χ1) is 10.1. The van der Waals surface area contributed by atoms with Gasteiger partial charge in [-0.15, -0.1) is 0 Å². The molecule has 1 aromatic carbocycles. The van der Waals surface area contributed by atoms with Gasteiger partial charge in [-0.1, -0.05) is 35.8 Å². The van der Waals surface area contributed by atoms with E-state index in [9.17, 15) is 0 Å². The molecule has 1 heterocycles. The number of hydrogen-bond donors (Lipinski definition) is 1. The lowest BCUT2D eigenvalue weighted by Crippen LogP contribution is -2.18. The summed E-state index contributed by atoms with van der Waals surface area (Å²) in [6.07, 6.45) is 4.76. The zero-order chi connectivity index (χ0) is 15.2. The fourth-order valence-corrected chi connectivity index (χ4v) is 2.59. The molecule has 0 saturated heterocycles. The Labute approximate surface area is 134 Å². The van der Waals surface area contributed by atoms with Crippen LogP contribution in [-0.4, -0.2) is 16.3 Å². The Bertz CT molecular complexity index is 583. The summed E-state index contributed by atoms with van der Waals surface area (Å²) in [5.41, 5.74) is 1.14. The molecule has 0 aliphatic heterocycles. The summed E-state index contributed by atoms with van der Waals surface area (Å²) in [6, 6.07) is 6.36. The minimum atomic E-state index is 0.240. The molecule has 0 spiro atoms. The highest BCUT2D eigenvalue weighted by atomic mass is 79.9. The zero-order valence-electron chi connectivity index (χ0n) is 12.8. The molecule has 1 N–H and O–H groups in total. The highest BCUT2D eigenvalue weighted by Gasteiger charge is 2.13. The number of aromatic nitrogens is 2. The van der Waals surface area contributed by atoms with Crippen LogP contribution in [0.1, 0.15) is 38.8 Å². The summed E-state index contributed by atoms with van der Waals surface area (Å²) < 4.78 is 8.94. The number of nitrogens with one attached hydrogen (secondary N) is 1. The topological polar surface area (TPSA) is 39.1 Å². The van der Waals surface area contributed by atoms with Crippen molar-refractivity contribution in [2.24, 2.45) is 0 Å². The van der Waals surface area contributed by atoms with Crippen molar-refractivity contribution in [2.75, 3.05) is 6.54 Å². The molecule has 0 aliphatic carbocycles. The molecule has 114 valence electrons. The summed E-state index contributed by atoms with van der Waals surface area (Å²) in [6.45, 7) is 8.20. The number of ether oxygens (including phenoxy) is 1. The number of nitrogens with zero attached hydrogens (tertiary/aromatic N) is 2. The monoisotopic (exact) mass is 351 g/mol. The van der Waals surface area contributed by atoms with Crippen LogP contribution in [0.15, 0.2) is 35.1 Å². The minimum absolute atomic E-state index is 0.240. The zero-order valence-corrected chi connectivity index (χ0v) is 14.4. The van der Waals surface area contributed by atoms with Gasteiger partial charge in [-0.2, -0.15) is 5.10 Å². The molecule has 2 rings (SSSR count). The number of benzene rings is 1. The number of rotatable bonds is 7. The van der Waals surface area contributed by atoms with E-state index in [1.165, 1.54) is 0 Å². The van der Waals surface area contributed by atoms with Gasteiger partial charge in [0.25, 0.3) is 0 Å². The van der Waals surface area contributed by atoms with Gasteiger partial charge in [-0.3, -0.25) is 4.68 Å². The Morgan fingerprint density at radius 2 is 2.19 bits per heavy atom. The van der Waals surface area contributed by atoms with E-state index in [1.807, 2.05) is 23.0 Å². The standard InChI is InChI=1S/C16H22BrN3O/c1-4-8-20-11-14(10-19-20)21-16-9-13(17)6-7-15(16)12(3)18-5-2/h6-7,9-12,18H,4-5,8H2,1-3H3. The van der Waals surface area contributed by atoms with Crippen LogP contribution < -0.4 is 10.1 Å². The molecule has 0 bridgehead atoms. The maximum Gasteiger partial charge on any atom is 0.165 e. The maximum absolute atomic E-state index is 6.03. The molecule has 0 radical (unpaired) electrons. The Hall–Kier alpha value is -1.33. The van der Waals surface area contributed by atoms with Crippen LogP contribution >= 0.6 is 15.9 Å². The second kappa shape index (κ2) is 7.61. The summed E-state index contributed by atoms with van der Waals surface area (Å²) in [5, 5.41) is 7.72. The predicted octanol–water partition coefficient (Wildman–Crippen LogP) is 4.52. The quantitative estimate of drug-likeness (QED) is 0.796. The lowest BCUT2D eigenvalue weighted by molar-refractivity contribution is 0.461. The van der Waals surface area contributed by atoms with Gasteiger partial charge < -0.3 is 10.1 Å². The van der Waals surface area contributed by atoms with Crippen LogP contribution in [0.2, 0.25) is 0 Å². The molecule has 0 amide bonds. The summed E-state index contributed by atoms with van der Waals surface area (Å²) in [5.74, 6) is 1.63. The first-order valence-corrected chi connectivity index (χ1v) is 8.16. The first kappa shape index (κ1) is 16.0. The molecule has 21 heavy (non-hydrogen) atoms. The molecular weight excluding hydrogens is 330 g/mol. The van der Waals surface area contributed by atoms with Gasteiger partial charge in [0.2, 0.25) is 0 Å². The van der Waals surface area contributed by atoms with Gasteiger partial charge in [0, 0.05) is 22.6 Å². The van der Waals surface area contributed by atoms with Gasteiger partial charge in [-0.25, -0.2) is 0 Å². The SMILES string of the molecule is CCCn1cc(Oc2cc(Br)ccc2C(C)NCC)cn1. The fraction of sp³-hybridized carbons (Fsp3) is 0.438. The van der Waals surface area contributed by atoms with E-state index in [1.54, 1.807) is 6.20 Å². The molecule has 0 saturated carbocycles. The van der Waals surface area contributed by atoms with Crippen molar-refractivity contribution in [3.05, 3.63) is 40.6 Å². The molecule has 5 heteroatoms. The molecule has 1 unspecified atom stereocenters. The van der Waals surface area contributed by atoms with E-state index >= 15 is 0 Å². The Morgan fingerprint density at radius 1 is 1.38 bits per heavy atom. The fourth-order valence-electron chi connectivity index (χ4n) is 2.25. The van der Waals surface area contributed by atoms with Gasteiger partial charge >= 0.3 is 0 Å². The van der Waals surface area contributed by atoms with Crippen LogP contribution in [0.5, 0.6) is 11.5 Å². The van der Waals surface area contributed by atoms with Crippen LogP contribution in [0.3, 0.4) is 0 Å². The van der Waals surface area contributed by atoms with Crippen molar-refractivity contribution in [1.82, 2.24) is 15.1 Å². The van der Waals surface area contributed by atoms with Crippen molar-refractivity contribution in [1.29, 1.82) is 0 Å². The average Bonchev–Trinajstić information content (AvgIpc) is 2.87. The molecule has 0 fully saturated rings. The van der Waals surface area contributed by atoms with Crippen molar-refractivity contribution in [3.63, 3.8) is 0 Å². The van der Waals surface area contributed by atoms with E-state index in [4.69, 9.17) is 4.74 Å². The van der Waals surface area contributed by atoms with E-state index in [-0.39, 0.29) is 6.04 Å². The van der Waals surface area contributed by atoms with Gasteiger partial charge in [-0.05, 0) is 32.0 Å². The van der Waals surface area contributed by atoms with E-state index in [0.29, 0.717) is 0 Å². The normalized spacial score (nSPS) is 12.4. The second-order valence-corrected chi connectivity index (χ2v) is 5.92. The van der Waals surface area contributed by atoms with Crippen molar-refractivity contribution < 1.29 is 4.74 Å². The molecule has 1 atom stereocenters. The summed E-state index contributed by atoms with van der Waals surface area (Å²) in [7, 11) is 0. The van der Waals surface area contributed by atoms with Crippen LogP contribution in [0, 0.1) is 0 Å². The largest absolute Gasteiger partial charge is 0.454 e. The van der Waals surface area contributed by atoms with Crippen LogP contribution in [0.25, 0.3) is 0 Å². The third-order valence-electron chi connectivity index (χ3n) is 3.24. The maximum atomic E-state index is 6.03.